The van der Waals surface area contributed by atoms with Crippen LogP contribution in [0.15, 0.2) is 89.3 Å². The van der Waals surface area contributed by atoms with Crippen molar-refractivity contribution >= 4 is 56.3 Å². The van der Waals surface area contributed by atoms with Gasteiger partial charge in [-0.25, -0.2) is 0 Å². The minimum Gasteiger partial charge on any atom is -0.455 e. The molecule has 0 bridgehead atoms. The monoisotopic (exact) mass is 377 g/mol. The lowest BCUT2D eigenvalue weighted by Crippen LogP contribution is -2.33. The summed E-state index contributed by atoms with van der Waals surface area (Å²) in [7, 11) is -1.56. The number of para-hydroxylation sites is 3. The van der Waals surface area contributed by atoms with E-state index in [9.17, 15) is 10.0 Å². The lowest BCUT2D eigenvalue weighted by molar-refractivity contribution is 0.425. The van der Waals surface area contributed by atoms with Crippen LogP contribution < -0.4 is 5.46 Å². The van der Waals surface area contributed by atoms with Crippen molar-refractivity contribution in [2.24, 2.45) is 0 Å². The Morgan fingerprint density at radius 1 is 0.655 bits per heavy atom. The third-order valence-electron chi connectivity index (χ3n) is 5.64. The van der Waals surface area contributed by atoms with Crippen LogP contribution >= 0.6 is 0 Å². The van der Waals surface area contributed by atoms with Gasteiger partial charge in [-0.1, -0.05) is 54.6 Å². The predicted molar refractivity (Wildman–Crippen MR) is 118 cm³/mol. The average Bonchev–Trinajstić information content (AvgIpc) is 3.29. The summed E-state index contributed by atoms with van der Waals surface area (Å²) in [4.78, 5) is 0. The van der Waals surface area contributed by atoms with Gasteiger partial charge in [-0.15, -0.1) is 0 Å². The molecule has 0 aliphatic heterocycles. The van der Waals surface area contributed by atoms with E-state index in [1.165, 1.54) is 0 Å². The lowest BCUT2D eigenvalue weighted by Gasteiger charge is -2.13. The Morgan fingerprint density at radius 3 is 2.24 bits per heavy atom. The van der Waals surface area contributed by atoms with E-state index < -0.39 is 7.12 Å². The van der Waals surface area contributed by atoms with Crippen LogP contribution in [-0.4, -0.2) is 21.7 Å². The second-order valence-corrected chi connectivity index (χ2v) is 7.22. The molecule has 138 valence electrons. The molecule has 0 fully saturated rings. The molecule has 0 aliphatic rings. The number of aromatic nitrogens is 1. The summed E-state index contributed by atoms with van der Waals surface area (Å²) in [6.45, 7) is 0. The van der Waals surface area contributed by atoms with Gasteiger partial charge in [0.15, 0.2) is 0 Å². The second-order valence-electron chi connectivity index (χ2n) is 7.22. The maximum Gasteiger partial charge on any atom is 0.490 e. The molecular weight excluding hydrogens is 361 g/mol. The summed E-state index contributed by atoms with van der Waals surface area (Å²) in [5.74, 6) is 0. The smallest absolute Gasteiger partial charge is 0.455 e. The highest BCUT2D eigenvalue weighted by Gasteiger charge is 2.22. The molecule has 2 N–H and O–H groups in total. The van der Waals surface area contributed by atoms with Crippen molar-refractivity contribution in [2.75, 3.05) is 0 Å². The van der Waals surface area contributed by atoms with Crippen molar-refractivity contribution in [2.45, 2.75) is 0 Å². The van der Waals surface area contributed by atoms with Gasteiger partial charge in [-0.05, 0) is 30.3 Å². The summed E-state index contributed by atoms with van der Waals surface area (Å²) in [6.07, 6.45) is 0. The first-order chi connectivity index (χ1) is 14.2. The van der Waals surface area contributed by atoms with E-state index in [1.807, 2.05) is 54.6 Å². The third kappa shape index (κ3) is 2.23. The van der Waals surface area contributed by atoms with E-state index in [2.05, 4.69) is 28.8 Å². The Hall–Kier alpha value is -3.54. The van der Waals surface area contributed by atoms with Gasteiger partial charge in [0.2, 0.25) is 0 Å². The summed E-state index contributed by atoms with van der Waals surface area (Å²) in [5.41, 5.74) is 4.86. The zero-order chi connectivity index (χ0) is 19.5. The van der Waals surface area contributed by atoms with Gasteiger partial charge in [0.05, 0.1) is 16.4 Å². The van der Waals surface area contributed by atoms with Crippen LogP contribution in [-0.2, 0) is 0 Å². The van der Waals surface area contributed by atoms with Crippen LogP contribution in [0.4, 0.5) is 0 Å². The Labute approximate surface area is 166 Å². The fourth-order valence-electron chi connectivity index (χ4n) is 4.40. The SMILES string of the molecule is OB(O)c1ccccc1-n1c2ccccc2c2c3oc4ccccc4c3ccc21. The highest BCUT2D eigenvalue weighted by molar-refractivity contribution is 6.60. The highest BCUT2D eigenvalue weighted by Crippen LogP contribution is 2.40. The second kappa shape index (κ2) is 5.98. The first kappa shape index (κ1) is 16.4. The first-order valence-electron chi connectivity index (χ1n) is 9.53. The number of rotatable bonds is 2. The van der Waals surface area contributed by atoms with Gasteiger partial charge in [0, 0.05) is 27.3 Å². The Morgan fingerprint density at radius 2 is 1.38 bits per heavy atom. The van der Waals surface area contributed by atoms with Crippen LogP contribution in [0.1, 0.15) is 0 Å². The summed E-state index contributed by atoms with van der Waals surface area (Å²) in [6, 6.07) is 27.7. The Balaban J connectivity index is 1.85. The van der Waals surface area contributed by atoms with Crippen molar-refractivity contribution in [1.29, 1.82) is 0 Å². The summed E-state index contributed by atoms with van der Waals surface area (Å²) >= 11 is 0. The van der Waals surface area contributed by atoms with Gasteiger partial charge >= 0.3 is 7.12 Å². The molecule has 0 saturated carbocycles. The molecule has 6 rings (SSSR count). The van der Waals surface area contributed by atoms with Crippen molar-refractivity contribution in [3.63, 3.8) is 0 Å². The van der Waals surface area contributed by atoms with Gasteiger partial charge in [-0.2, -0.15) is 0 Å². The van der Waals surface area contributed by atoms with E-state index in [4.69, 9.17) is 4.42 Å². The van der Waals surface area contributed by atoms with Crippen molar-refractivity contribution in [1.82, 2.24) is 4.57 Å². The maximum absolute atomic E-state index is 9.94. The summed E-state index contributed by atoms with van der Waals surface area (Å²) < 4.78 is 8.36. The van der Waals surface area contributed by atoms with E-state index >= 15 is 0 Å². The average molecular weight is 377 g/mol. The van der Waals surface area contributed by atoms with Gasteiger partial charge < -0.3 is 19.0 Å². The van der Waals surface area contributed by atoms with Gasteiger partial charge in [0.25, 0.3) is 0 Å². The number of furan rings is 1. The van der Waals surface area contributed by atoms with Crippen LogP contribution in [0.3, 0.4) is 0 Å². The predicted octanol–water partition coefficient (Wildman–Crippen LogP) is 4.36. The minimum atomic E-state index is -1.56. The molecule has 0 unspecified atom stereocenters. The molecule has 0 atom stereocenters. The van der Waals surface area contributed by atoms with E-state index in [0.29, 0.717) is 5.46 Å². The molecule has 0 aliphatic carbocycles. The molecule has 2 heterocycles. The number of benzene rings is 4. The molecule has 6 aromatic rings. The molecule has 0 saturated heterocycles. The van der Waals surface area contributed by atoms with Crippen molar-refractivity contribution in [3.05, 3.63) is 84.9 Å². The fraction of sp³-hybridized carbons (Fsp3) is 0. The van der Waals surface area contributed by atoms with Crippen LogP contribution in [0.25, 0.3) is 49.4 Å². The molecule has 4 nitrogen and oxygen atoms in total. The molecule has 29 heavy (non-hydrogen) atoms. The van der Waals surface area contributed by atoms with E-state index in [0.717, 1.165) is 49.4 Å². The molecule has 5 heteroatoms. The van der Waals surface area contributed by atoms with E-state index in [1.54, 1.807) is 6.07 Å². The number of hydrogen-bond acceptors (Lipinski definition) is 3. The highest BCUT2D eigenvalue weighted by atomic mass is 16.4. The molecule has 0 amide bonds. The molecular formula is C24H16BNO3. The Kier molecular flexibility index (Phi) is 3.39. The molecule has 2 aromatic heterocycles. The number of nitrogens with zero attached hydrogens (tertiary/aromatic N) is 1. The lowest BCUT2D eigenvalue weighted by atomic mass is 9.79. The van der Waals surface area contributed by atoms with Crippen molar-refractivity contribution < 1.29 is 14.5 Å². The van der Waals surface area contributed by atoms with Crippen LogP contribution in [0.5, 0.6) is 0 Å². The normalized spacial score (nSPS) is 11.8. The largest absolute Gasteiger partial charge is 0.490 e. The molecule has 0 spiro atoms. The third-order valence-corrected chi connectivity index (χ3v) is 5.64. The standard InChI is InChI=1S/C24H16BNO3/c27-25(28)18-9-3-5-11-20(18)26-19-10-4-1-8-17(19)23-21(26)14-13-16-15-7-2-6-12-22(15)29-24(16)23/h1-14,27-28H. The summed E-state index contributed by atoms with van der Waals surface area (Å²) in [5, 5.41) is 24.1. The van der Waals surface area contributed by atoms with Crippen molar-refractivity contribution in [3.8, 4) is 5.69 Å². The number of hydrogen-bond donors (Lipinski definition) is 2. The molecule has 0 radical (unpaired) electrons. The number of fused-ring (bicyclic) bond motifs is 7. The minimum absolute atomic E-state index is 0.458. The topological polar surface area (TPSA) is 58.5 Å². The molecule has 4 aromatic carbocycles. The quantitative estimate of drug-likeness (QED) is 0.441. The van der Waals surface area contributed by atoms with Crippen LogP contribution in [0, 0.1) is 0 Å². The Bertz CT molecular complexity index is 1540. The fourth-order valence-corrected chi connectivity index (χ4v) is 4.40. The first-order valence-corrected chi connectivity index (χ1v) is 9.53. The van der Waals surface area contributed by atoms with E-state index in [-0.39, 0.29) is 0 Å². The zero-order valence-electron chi connectivity index (χ0n) is 15.4. The van der Waals surface area contributed by atoms with Crippen LogP contribution in [0.2, 0.25) is 0 Å². The zero-order valence-corrected chi connectivity index (χ0v) is 15.4. The van der Waals surface area contributed by atoms with Gasteiger partial charge in [-0.3, -0.25) is 0 Å². The van der Waals surface area contributed by atoms with Gasteiger partial charge in [0.1, 0.15) is 11.2 Å². The maximum atomic E-state index is 9.94.